The predicted octanol–water partition coefficient (Wildman–Crippen LogP) is 3.68. The first-order valence-corrected chi connectivity index (χ1v) is 11.1. The van der Waals surface area contributed by atoms with Crippen molar-refractivity contribution in [3.05, 3.63) is 68.8 Å². The van der Waals surface area contributed by atoms with Gasteiger partial charge in [0.2, 0.25) is 6.10 Å². The van der Waals surface area contributed by atoms with Gasteiger partial charge in [-0.25, -0.2) is 14.4 Å². The molecule has 2 aromatic carbocycles. The number of hydrogen-bond donors (Lipinski definition) is 1. The molecule has 0 aliphatic carbocycles. The zero-order valence-corrected chi connectivity index (χ0v) is 20.8. The van der Waals surface area contributed by atoms with Gasteiger partial charge >= 0.3 is 17.9 Å². The third-order valence-corrected chi connectivity index (χ3v) is 5.38. The molecule has 0 aliphatic rings. The molecule has 1 N–H and O–H groups in total. The Morgan fingerprint density at radius 1 is 1.12 bits per heavy atom. The largest absolute Gasteiger partial charge is 0.488 e. The maximum atomic E-state index is 11.6. The van der Waals surface area contributed by atoms with Crippen LogP contribution in [0.15, 0.2) is 48.5 Å². The van der Waals surface area contributed by atoms with E-state index in [1.807, 2.05) is 61.0 Å². The first-order valence-electron chi connectivity index (χ1n) is 10.1. The summed E-state index contributed by atoms with van der Waals surface area (Å²) < 4.78 is 15.6. The van der Waals surface area contributed by atoms with Crippen LogP contribution in [0.1, 0.15) is 29.2 Å². The van der Waals surface area contributed by atoms with Gasteiger partial charge in [0, 0.05) is 12.1 Å². The minimum Gasteiger partial charge on any atom is -0.488 e. The number of benzene rings is 2. The topological polar surface area (TPSA) is 102 Å². The van der Waals surface area contributed by atoms with Gasteiger partial charge < -0.3 is 24.2 Å². The van der Waals surface area contributed by atoms with Crippen LogP contribution >= 0.6 is 22.6 Å². The molecule has 0 saturated carbocycles. The van der Waals surface area contributed by atoms with Gasteiger partial charge in [0.05, 0.1) is 10.7 Å². The third-order valence-electron chi connectivity index (χ3n) is 4.54. The van der Waals surface area contributed by atoms with E-state index in [-0.39, 0.29) is 5.56 Å². The third kappa shape index (κ3) is 8.17. The Kier molecular flexibility index (Phi) is 10.3. The first kappa shape index (κ1) is 26.3. The molecule has 176 valence electrons. The Bertz CT molecular complexity index is 1020. The summed E-state index contributed by atoms with van der Waals surface area (Å²) in [4.78, 5) is 36.6. The highest BCUT2D eigenvalue weighted by atomic mass is 127. The minimum absolute atomic E-state index is 0.195. The molecule has 1 atom stereocenters. The maximum Gasteiger partial charge on any atom is 0.418 e. The summed E-state index contributed by atoms with van der Waals surface area (Å²) in [6.07, 6.45) is 3.49. The van der Waals surface area contributed by atoms with Crippen molar-refractivity contribution in [3.8, 4) is 5.75 Å². The summed E-state index contributed by atoms with van der Waals surface area (Å²) in [6.45, 7) is 1.29. The Morgan fingerprint density at radius 3 is 2.48 bits per heavy atom. The van der Waals surface area contributed by atoms with Gasteiger partial charge in [0.15, 0.2) is 0 Å². The van der Waals surface area contributed by atoms with E-state index in [1.54, 1.807) is 6.07 Å². The number of carbonyl (C=O) groups excluding carboxylic acids is 2. The average Bonchev–Trinajstić information content (AvgIpc) is 2.79. The Labute approximate surface area is 206 Å². The van der Waals surface area contributed by atoms with Crippen molar-refractivity contribution < 1.29 is 33.7 Å². The number of hydrogen-bond acceptors (Lipinski definition) is 7. The van der Waals surface area contributed by atoms with Crippen LogP contribution < -0.4 is 4.74 Å². The van der Waals surface area contributed by atoms with Crippen molar-refractivity contribution in [1.29, 1.82) is 0 Å². The van der Waals surface area contributed by atoms with Gasteiger partial charge in [0.25, 0.3) is 0 Å². The zero-order valence-electron chi connectivity index (χ0n) is 18.6. The first-order chi connectivity index (χ1) is 15.7. The lowest BCUT2D eigenvalue weighted by Gasteiger charge is -2.15. The van der Waals surface area contributed by atoms with Crippen molar-refractivity contribution in [2.45, 2.75) is 19.1 Å². The number of ether oxygens (including phenoxy) is 3. The van der Waals surface area contributed by atoms with E-state index in [0.717, 1.165) is 31.2 Å². The molecule has 8 nitrogen and oxygen atoms in total. The van der Waals surface area contributed by atoms with Gasteiger partial charge in [-0.1, -0.05) is 42.5 Å². The van der Waals surface area contributed by atoms with Crippen LogP contribution in [0, 0.1) is 3.57 Å². The molecule has 2 rings (SSSR count). The number of carbonyl (C=O) groups is 3. The van der Waals surface area contributed by atoms with Gasteiger partial charge in [0.1, 0.15) is 12.4 Å². The van der Waals surface area contributed by atoms with E-state index >= 15 is 0 Å². The molecule has 0 radical (unpaired) electrons. The lowest BCUT2D eigenvalue weighted by atomic mass is 10.1. The lowest BCUT2D eigenvalue weighted by molar-refractivity contribution is -0.175. The summed E-state index contributed by atoms with van der Waals surface area (Å²) in [5.74, 6) is -3.51. The Morgan fingerprint density at radius 2 is 1.85 bits per heavy atom. The number of esters is 2. The van der Waals surface area contributed by atoms with Crippen LogP contribution in [0.3, 0.4) is 0 Å². The number of nitrogens with zero attached hydrogens (tertiary/aromatic N) is 1. The van der Waals surface area contributed by atoms with Crippen molar-refractivity contribution in [2.75, 3.05) is 27.7 Å². The maximum absolute atomic E-state index is 11.6. The van der Waals surface area contributed by atoms with E-state index in [1.165, 1.54) is 12.1 Å². The Balaban J connectivity index is 2.11. The van der Waals surface area contributed by atoms with Crippen LogP contribution in [-0.4, -0.2) is 55.7 Å². The second kappa shape index (κ2) is 12.9. The number of carboxylic acid groups (broad SMARTS) is 1. The molecule has 0 heterocycles. The van der Waals surface area contributed by atoms with E-state index in [2.05, 4.69) is 21.8 Å². The van der Waals surface area contributed by atoms with Gasteiger partial charge in [-0.05, 0) is 66.4 Å². The summed E-state index contributed by atoms with van der Waals surface area (Å²) >= 11 is 2.01. The molecule has 2 aromatic rings. The molecule has 0 bridgehead atoms. The molecule has 0 saturated heterocycles. The van der Waals surface area contributed by atoms with Crippen molar-refractivity contribution >= 4 is 46.6 Å². The fourth-order valence-electron chi connectivity index (χ4n) is 2.82. The van der Waals surface area contributed by atoms with E-state index in [9.17, 15) is 19.5 Å². The number of halogens is 1. The molecular formula is C24H26INO7. The van der Waals surface area contributed by atoms with Gasteiger partial charge in [-0.15, -0.1) is 0 Å². The molecule has 33 heavy (non-hydrogen) atoms. The van der Waals surface area contributed by atoms with Crippen LogP contribution in [0.5, 0.6) is 5.75 Å². The lowest BCUT2D eigenvalue weighted by Crippen LogP contribution is -2.25. The SMILES string of the molecule is COC(=O)C(=O)OC(C(=O)O)c1ccc(OCc2ccccc2/C=C\CCN(C)C)c(I)c1. The molecule has 1 unspecified atom stereocenters. The standard InChI is InChI=1S/C24H26INO7/c1-26(2)13-7-6-9-16-8-4-5-10-18(16)15-32-20-12-11-17(14-19(20)25)21(22(27)28)33-24(30)23(29)31-3/h4-6,8-12,14,21H,7,13,15H2,1-3H3,(H,27,28)/b9-6-. The summed E-state index contributed by atoms with van der Waals surface area (Å²) in [7, 11) is 5.07. The predicted molar refractivity (Wildman–Crippen MR) is 131 cm³/mol. The van der Waals surface area contributed by atoms with Crippen molar-refractivity contribution in [2.24, 2.45) is 0 Å². The highest BCUT2D eigenvalue weighted by Crippen LogP contribution is 2.28. The van der Waals surface area contributed by atoms with Gasteiger partial charge in [-0.3, -0.25) is 0 Å². The number of methoxy groups -OCH3 is 1. The molecule has 0 aliphatic heterocycles. The Hall–Kier alpha value is -2.92. The average molecular weight is 567 g/mol. The van der Waals surface area contributed by atoms with Crippen LogP contribution in [0.2, 0.25) is 0 Å². The van der Waals surface area contributed by atoms with E-state index in [4.69, 9.17) is 9.47 Å². The second-order valence-electron chi connectivity index (χ2n) is 7.29. The van der Waals surface area contributed by atoms with E-state index < -0.39 is 24.0 Å². The molecule has 0 fully saturated rings. The molecule has 0 aromatic heterocycles. The monoisotopic (exact) mass is 567 g/mol. The summed E-state index contributed by atoms with van der Waals surface area (Å²) in [5.41, 5.74) is 2.26. The molecular weight excluding hydrogens is 541 g/mol. The summed E-state index contributed by atoms with van der Waals surface area (Å²) in [6, 6.07) is 12.5. The molecule has 0 spiro atoms. The molecule has 9 heteroatoms. The fourth-order valence-corrected chi connectivity index (χ4v) is 3.52. The summed E-state index contributed by atoms with van der Waals surface area (Å²) in [5, 5.41) is 9.42. The van der Waals surface area contributed by atoms with Crippen LogP contribution in [0.25, 0.3) is 6.08 Å². The highest BCUT2D eigenvalue weighted by Gasteiger charge is 2.29. The van der Waals surface area contributed by atoms with Gasteiger partial charge in [-0.2, -0.15) is 0 Å². The minimum atomic E-state index is -1.65. The number of aliphatic carboxylic acids is 1. The van der Waals surface area contributed by atoms with Crippen LogP contribution in [0.4, 0.5) is 0 Å². The molecule has 0 amide bonds. The van der Waals surface area contributed by atoms with Crippen molar-refractivity contribution in [1.82, 2.24) is 4.90 Å². The number of rotatable bonds is 10. The number of carboxylic acids is 1. The normalized spacial score (nSPS) is 11.9. The zero-order chi connectivity index (χ0) is 24.4. The second-order valence-corrected chi connectivity index (χ2v) is 8.45. The quantitative estimate of drug-likeness (QED) is 0.264. The highest BCUT2D eigenvalue weighted by molar-refractivity contribution is 14.1. The van der Waals surface area contributed by atoms with Crippen LogP contribution in [-0.2, 0) is 30.5 Å². The smallest absolute Gasteiger partial charge is 0.418 e. The van der Waals surface area contributed by atoms with Crippen molar-refractivity contribution in [3.63, 3.8) is 0 Å². The van der Waals surface area contributed by atoms with E-state index in [0.29, 0.717) is 15.9 Å². The fraction of sp³-hybridized carbons (Fsp3) is 0.292.